The minimum absolute atomic E-state index is 0.0264. The van der Waals surface area contributed by atoms with Gasteiger partial charge >= 0.3 is 5.97 Å². The van der Waals surface area contributed by atoms with Crippen molar-refractivity contribution in [2.45, 2.75) is 122 Å². The number of carbonyl (C=O) groups is 1. The first-order chi connectivity index (χ1) is 25.9. The Morgan fingerprint density at radius 3 is 2.13 bits per heavy atom. The Kier molecular flexibility index (Phi) is 10.5. The molecule has 0 radical (unpaired) electrons. The van der Waals surface area contributed by atoms with Crippen LogP contribution in [0.1, 0.15) is 141 Å². The van der Waals surface area contributed by atoms with Gasteiger partial charge in [0.2, 0.25) is 5.36 Å². The third-order valence-corrected chi connectivity index (χ3v) is 12.1. The SMILES string of the molecule is CCCCCCCCCCCCOC(=O)c1c(F)c(F)c(F)c(F)c1C1=c2cc3c4c(c2Oc2c1cc1c5c2CCCN5CCC1)CCC[N+]=4CCC3. The highest BCUT2D eigenvalue weighted by Gasteiger charge is 2.39. The van der Waals surface area contributed by atoms with Gasteiger partial charge in [0.25, 0.3) is 0 Å². The Morgan fingerprint density at radius 1 is 0.736 bits per heavy atom. The number of nitrogens with zero attached hydrogens (tertiary/aromatic N) is 2. The maximum Gasteiger partial charge on any atom is 0.341 e. The first-order valence-corrected chi connectivity index (χ1v) is 20.3. The van der Waals surface area contributed by atoms with E-state index >= 15 is 17.6 Å². The average Bonchev–Trinajstić information content (AvgIpc) is 3.17. The monoisotopic (exact) mass is 731 g/mol. The molecule has 3 aromatic rings. The second-order valence-electron chi connectivity index (χ2n) is 15.7. The van der Waals surface area contributed by atoms with Crippen molar-refractivity contribution in [1.82, 2.24) is 4.58 Å². The molecule has 0 aromatic heterocycles. The van der Waals surface area contributed by atoms with Crippen LogP contribution < -0.4 is 24.8 Å². The highest BCUT2D eigenvalue weighted by atomic mass is 19.2. The van der Waals surface area contributed by atoms with Crippen molar-refractivity contribution in [3.8, 4) is 11.5 Å². The molecular weight excluding hydrogens is 680 g/mol. The second-order valence-corrected chi connectivity index (χ2v) is 15.7. The number of fused-ring (bicyclic) bond motifs is 4. The van der Waals surface area contributed by atoms with Crippen LogP contribution in [0.2, 0.25) is 0 Å². The number of aryl methyl sites for hydroxylation is 2. The predicted octanol–water partition coefficient (Wildman–Crippen LogP) is 8.76. The number of ether oxygens (including phenoxy) is 2. The zero-order valence-electron chi connectivity index (χ0n) is 31.0. The maximum atomic E-state index is 16.6. The Bertz CT molecular complexity index is 2070. The minimum atomic E-state index is -2.02. The molecule has 0 aliphatic carbocycles. The molecule has 0 amide bonds. The fraction of sp³-hybridized carbons (Fsp3) is 0.545. The molecule has 8 rings (SSSR count). The summed E-state index contributed by atoms with van der Waals surface area (Å²) in [6, 6.07) is 3.91. The predicted molar refractivity (Wildman–Crippen MR) is 199 cm³/mol. The molecule has 0 saturated heterocycles. The zero-order chi connectivity index (χ0) is 36.6. The molecule has 0 fully saturated rings. The molecule has 3 aromatic carbocycles. The van der Waals surface area contributed by atoms with E-state index in [9.17, 15) is 4.79 Å². The molecule has 0 bridgehead atoms. The summed E-state index contributed by atoms with van der Waals surface area (Å²) in [5.41, 5.74) is 4.42. The van der Waals surface area contributed by atoms with Crippen molar-refractivity contribution >= 4 is 17.2 Å². The molecule has 0 saturated carbocycles. The molecule has 5 aliphatic rings. The molecule has 0 atom stereocenters. The van der Waals surface area contributed by atoms with Gasteiger partial charge in [-0.2, -0.15) is 0 Å². The van der Waals surface area contributed by atoms with Crippen molar-refractivity contribution in [1.29, 1.82) is 0 Å². The Hall–Kier alpha value is -3.88. The normalized spacial score (nSPS) is 16.8. The molecule has 53 heavy (non-hydrogen) atoms. The standard InChI is InChI=1S/C44H51F4N2O3/c1-2-3-4-5-6-7-8-9-10-11-24-52-44(51)35-34(36(45)38(47)39(48)37(35)46)33-31-25-27-16-12-20-49-22-14-18-29(40(27)49)42(31)53-43-30-19-15-23-50-21-13-17-28(41(30)50)26-32(33)43/h25-26H,2-24H2,1H3/q+1. The molecule has 9 heteroatoms. The van der Waals surface area contributed by atoms with E-state index in [4.69, 9.17) is 9.47 Å². The van der Waals surface area contributed by atoms with Crippen molar-refractivity contribution < 1.29 is 31.8 Å². The van der Waals surface area contributed by atoms with Gasteiger partial charge in [-0.05, 0) is 62.6 Å². The third-order valence-electron chi connectivity index (χ3n) is 12.1. The van der Waals surface area contributed by atoms with E-state index in [0.29, 0.717) is 28.7 Å². The topological polar surface area (TPSA) is 41.8 Å². The van der Waals surface area contributed by atoms with Gasteiger partial charge in [-0.25, -0.2) is 26.9 Å². The van der Waals surface area contributed by atoms with Crippen LogP contribution in [-0.2, 0) is 30.4 Å². The van der Waals surface area contributed by atoms with E-state index in [-0.39, 0.29) is 12.2 Å². The highest BCUT2D eigenvalue weighted by Crippen LogP contribution is 2.49. The third kappa shape index (κ3) is 6.54. The molecular formula is C44H51F4N2O3+. The molecule has 5 nitrogen and oxygen atoms in total. The van der Waals surface area contributed by atoms with Crippen molar-refractivity contribution in [2.24, 2.45) is 0 Å². The molecule has 5 heterocycles. The second kappa shape index (κ2) is 15.5. The number of benzene rings is 3. The minimum Gasteiger partial charge on any atom is -0.462 e. The van der Waals surface area contributed by atoms with E-state index in [1.165, 1.54) is 32.1 Å². The number of rotatable bonds is 13. The van der Waals surface area contributed by atoms with Gasteiger partial charge in [0.15, 0.2) is 23.3 Å². The number of carbonyl (C=O) groups excluding carboxylic acids is 1. The van der Waals surface area contributed by atoms with Crippen LogP contribution in [-0.4, -0.2) is 38.8 Å². The van der Waals surface area contributed by atoms with Crippen LogP contribution in [0.5, 0.6) is 11.5 Å². The Labute approximate surface area is 309 Å². The summed E-state index contributed by atoms with van der Waals surface area (Å²) in [5, 5.41) is 1.61. The zero-order valence-corrected chi connectivity index (χ0v) is 31.0. The van der Waals surface area contributed by atoms with Crippen LogP contribution >= 0.6 is 0 Å². The van der Waals surface area contributed by atoms with Gasteiger partial charge in [0, 0.05) is 64.7 Å². The summed E-state index contributed by atoms with van der Waals surface area (Å²) < 4.78 is 78.3. The van der Waals surface area contributed by atoms with Crippen molar-refractivity contribution in [3.05, 3.63) is 84.9 Å². The molecule has 0 N–H and O–H groups in total. The fourth-order valence-electron chi connectivity index (χ4n) is 9.67. The molecule has 0 unspecified atom stereocenters. The van der Waals surface area contributed by atoms with Crippen LogP contribution in [0.4, 0.5) is 23.2 Å². The quantitative estimate of drug-likeness (QED) is 0.0345. The van der Waals surface area contributed by atoms with Gasteiger partial charge in [0.1, 0.15) is 30.2 Å². The first-order valence-electron chi connectivity index (χ1n) is 20.3. The number of halogens is 4. The number of anilines is 1. The van der Waals surface area contributed by atoms with E-state index in [1.807, 2.05) is 12.1 Å². The lowest BCUT2D eigenvalue weighted by molar-refractivity contribution is 0.0489. The van der Waals surface area contributed by atoms with Gasteiger partial charge in [0.05, 0.1) is 12.2 Å². The van der Waals surface area contributed by atoms with Gasteiger partial charge in [-0.1, -0.05) is 64.7 Å². The summed E-state index contributed by atoms with van der Waals surface area (Å²) >= 11 is 0. The number of unbranched alkanes of at least 4 members (excludes halogenated alkanes) is 9. The van der Waals surface area contributed by atoms with Crippen LogP contribution in [0.15, 0.2) is 12.1 Å². The summed E-state index contributed by atoms with van der Waals surface area (Å²) in [7, 11) is 0. The number of hydrogen-bond acceptors (Lipinski definition) is 4. The molecule has 0 spiro atoms. The van der Waals surface area contributed by atoms with E-state index in [0.717, 1.165) is 137 Å². The van der Waals surface area contributed by atoms with Gasteiger partial charge < -0.3 is 14.4 Å². The number of esters is 1. The maximum absolute atomic E-state index is 16.6. The lowest BCUT2D eigenvalue weighted by Gasteiger charge is -2.39. The molecule has 5 aliphatic heterocycles. The Morgan fingerprint density at radius 2 is 1.38 bits per heavy atom. The van der Waals surface area contributed by atoms with Crippen LogP contribution in [0.25, 0.3) is 5.57 Å². The van der Waals surface area contributed by atoms with Crippen molar-refractivity contribution in [3.63, 3.8) is 0 Å². The summed E-state index contributed by atoms with van der Waals surface area (Å²) in [6.45, 7) is 5.89. The highest BCUT2D eigenvalue weighted by molar-refractivity contribution is 6.00. The summed E-state index contributed by atoms with van der Waals surface area (Å²) in [5.74, 6) is -7.40. The van der Waals surface area contributed by atoms with E-state index in [1.54, 1.807) is 0 Å². The first kappa shape index (κ1) is 36.1. The average molecular weight is 732 g/mol. The van der Waals surface area contributed by atoms with Crippen molar-refractivity contribution in [2.75, 3.05) is 37.7 Å². The summed E-state index contributed by atoms with van der Waals surface area (Å²) in [4.78, 5) is 16.2. The summed E-state index contributed by atoms with van der Waals surface area (Å²) in [6.07, 6.45) is 17.5. The van der Waals surface area contributed by atoms with E-state index < -0.39 is 40.4 Å². The lowest BCUT2D eigenvalue weighted by atomic mass is 9.81. The van der Waals surface area contributed by atoms with Gasteiger partial charge in [-0.3, -0.25) is 0 Å². The van der Waals surface area contributed by atoms with Crippen LogP contribution in [0.3, 0.4) is 0 Å². The van der Waals surface area contributed by atoms with E-state index in [2.05, 4.69) is 16.4 Å². The van der Waals surface area contributed by atoms with Gasteiger partial charge in [-0.15, -0.1) is 0 Å². The number of hydrogen-bond donors (Lipinski definition) is 0. The lowest BCUT2D eigenvalue weighted by Crippen LogP contribution is -2.45. The fourth-order valence-corrected chi connectivity index (χ4v) is 9.67. The smallest absolute Gasteiger partial charge is 0.341 e. The molecule has 282 valence electrons. The Balaban J connectivity index is 1.23. The largest absolute Gasteiger partial charge is 0.462 e. The van der Waals surface area contributed by atoms with Crippen LogP contribution in [0, 0.1) is 23.3 Å².